The second kappa shape index (κ2) is 4.00. The molecule has 0 radical (unpaired) electrons. The van der Waals surface area contributed by atoms with Crippen LogP contribution >= 0.6 is 11.3 Å². The average Bonchev–Trinajstić information content (AvgIpc) is 2.73. The lowest BCUT2D eigenvalue weighted by atomic mass is 10.1. The molecule has 0 amide bonds. The molecule has 1 aromatic heterocycles. The van der Waals surface area contributed by atoms with E-state index in [-0.39, 0.29) is 5.82 Å². The molecule has 0 spiro atoms. The van der Waals surface area contributed by atoms with Gasteiger partial charge in [0.2, 0.25) is 0 Å². The van der Waals surface area contributed by atoms with Crippen LogP contribution in [0.4, 0.5) is 4.39 Å². The highest BCUT2D eigenvalue weighted by atomic mass is 32.1. The Morgan fingerprint density at radius 2 is 2.12 bits per heavy atom. The Hall–Kier alpha value is -1.19. The largest absolute Gasteiger partial charge is 0.312 e. The number of halogens is 1. The summed E-state index contributed by atoms with van der Waals surface area (Å²) < 4.78 is 13.6. The first kappa shape index (κ1) is 10.00. The third kappa shape index (κ3) is 1.66. The van der Waals surface area contributed by atoms with Crippen LogP contribution in [-0.2, 0) is 13.0 Å². The van der Waals surface area contributed by atoms with Crippen molar-refractivity contribution in [2.24, 2.45) is 0 Å². The van der Waals surface area contributed by atoms with Crippen molar-refractivity contribution in [3.8, 4) is 10.4 Å². The summed E-state index contributed by atoms with van der Waals surface area (Å²) in [5.74, 6) is -0.131. The molecule has 2 heterocycles. The van der Waals surface area contributed by atoms with Gasteiger partial charge >= 0.3 is 0 Å². The number of nitrogens with one attached hydrogen (secondary N) is 1. The molecule has 1 aliphatic heterocycles. The highest BCUT2D eigenvalue weighted by molar-refractivity contribution is 7.15. The quantitative estimate of drug-likeness (QED) is 0.797. The van der Waals surface area contributed by atoms with Crippen LogP contribution in [0, 0.1) is 5.82 Å². The molecule has 16 heavy (non-hydrogen) atoms. The summed E-state index contributed by atoms with van der Waals surface area (Å²) in [5.41, 5.74) is 2.05. The van der Waals surface area contributed by atoms with Crippen LogP contribution in [0.1, 0.15) is 10.4 Å². The highest BCUT2D eigenvalue weighted by Crippen LogP contribution is 2.34. The number of fused-ring (bicyclic) bond motifs is 1. The van der Waals surface area contributed by atoms with Gasteiger partial charge in [0.25, 0.3) is 0 Å². The first-order valence-electron chi connectivity index (χ1n) is 5.42. The van der Waals surface area contributed by atoms with Gasteiger partial charge in [-0.1, -0.05) is 18.2 Å². The highest BCUT2D eigenvalue weighted by Gasteiger charge is 2.15. The van der Waals surface area contributed by atoms with Crippen LogP contribution in [0.15, 0.2) is 30.3 Å². The molecule has 0 saturated carbocycles. The molecule has 3 heteroatoms. The lowest BCUT2D eigenvalue weighted by molar-refractivity contribution is 0.631. The third-order valence-electron chi connectivity index (χ3n) is 2.88. The molecule has 1 N–H and O–H groups in total. The predicted molar refractivity (Wildman–Crippen MR) is 65.1 cm³/mol. The predicted octanol–water partition coefficient (Wildman–Crippen LogP) is 3.20. The van der Waals surface area contributed by atoms with E-state index in [0.29, 0.717) is 0 Å². The maximum absolute atomic E-state index is 13.6. The fourth-order valence-corrected chi connectivity index (χ4v) is 3.25. The van der Waals surface area contributed by atoms with Crippen molar-refractivity contribution in [2.45, 2.75) is 13.0 Å². The van der Waals surface area contributed by atoms with Gasteiger partial charge in [-0.2, -0.15) is 0 Å². The summed E-state index contributed by atoms with van der Waals surface area (Å²) in [6, 6.07) is 9.10. The first-order chi connectivity index (χ1) is 7.84. The minimum absolute atomic E-state index is 0.131. The Labute approximate surface area is 97.9 Å². The van der Waals surface area contributed by atoms with Gasteiger partial charge in [-0.25, -0.2) is 4.39 Å². The molecule has 2 aromatic rings. The van der Waals surface area contributed by atoms with Gasteiger partial charge in [0, 0.05) is 28.4 Å². The van der Waals surface area contributed by atoms with Crippen LogP contribution in [0.3, 0.4) is 0 Å². The second-order valence-corrected chi connectivity index (χ2v) is 5.10. The van der Waals surface area contributed by atoms with E-state index in [1.807, 2.05) is 12.1 Å². The molecular formula is C13H12FNS. The number of rotatable bonds is 1. The van der Waals surface area contributed by atoms with Gasteiger partial charge in [-0.05, 0) is 24.1 Å². The Balaban J connectivity index is 2.07. The van der Waals surface area contributed by atoms with E-state index in [1.54, 1.807) is 17.4 Å². The van der Waals surface area contributed by atoms with E-state index >= 15 is 0 Å². The van der Waals surface area contributed by atoms with Gasteiger partial charge in [0.05, 0.1) is 0 Å². The summed E-state index contributed by atoms with van der Waals surface area (Å²) >= 11 is 1.72. The van der Waals surface area contributed by atoms with Crippen molar-refractivity contribution in [1.29, 1.82) is 0 Å². The van der Waals surface area contributed by atoms with E-state index in [1.165, 1.54) is 16.5 Å². The fraction of sp³-hybridized carbons (Fsp3) is 0.231. The Morgan fingerprint density at radius 3 is 2.94 bits per heavy atom. The molecular weight excluding hydrogens is 221 g/mol. The number of hydrogen-bond donors (Lipinski definition) is 1. The maximum Gasteiger partial charge on any atom is 0.131 e. The van der Waals surface area contributed by atoms with Crippen LogP contribution in [0.5, 0.6) is 0 Å². The van der Waals surface area contributed by atoms with Crippen LogP contribution < -0.4 is 5.32 Å². The van der Waals surface area contributed by atoms with E-state index in [9.17, 15) is 4.39 Å². The smallest absolute Gasteiger partial charge is 0.131 e. The summed E-state index contributed by atoms with van der Waals surface area (Å²) in [6.45, 7) is 1.95. The topological polar surface area (TPSA) is 12.0 Å². The summed E-state index contributed by atoms with van der Waals surface area (Å²) in [7, 11) is 0. The zero-order valence-electron chi connectivity index (χ0n) is 8.79. The second-order valence-electron chi connectivity index (χ2n) is 3.97. The molecule has 0 unspecified atom stereocenters. The van der Waals surface area contributed by atoms with Crippen molar-refractivity contribution < 1.29 is 4.39 Å². The molecule has 0 atom stereocenters. The SMILES string of the molecule is Fc1ccccc1-c1cc2c(s1)CCNC2. The Morgan fingerprint density at radius 1 is 1.25 bits per heavy atom. The van der Waals surface area contributed by atoms with Gasteiger partial charge in [0.1, 0.15) is 5.82 Å². The van der Waals surface area contributed by atoms with Crippen molar-refractivity contribution in [1.82, 2.24) is 5.32 Å². The monoisotopic (exact) mass is 233 g/mol. The standard InChI is InChI=1S/C13H12FNS/c14-11-4-2-1-3-10(11)13-7-9-8-15-6-5-12(9)16-13/h1-4,7,15H,5-6,8H2. The lowest BCUT2D eigenvalue weighted by Gasteiger charge is -2.10. The number of thiophene rings is 1. The van der Waals surface area contributed by atoms with Crippen molar-refractivity contribution in [3.05, 3.63) is 46.6 Å². The number of benzene rings is 1. The summed E-state index contributed by atoms with van der Waals surface area (Å²) in [6.07, 6.45) is 1.06. The minimum Gasteiger partial charge on any atom is -0.312 e. The van der Waals surface area contributed by atoms with Gasteiger partial charge < -0.3 is 5.32 Å². The van der Waals surface area contributed by atoms with Crippen LogP contribution in [-0.4, -0.2) is 6.54 Å². The zero-order valence-corrected chi connectivity index (χ0v) is 9.61. The molecule has 0 fully saturated rings. The zero-order chi connectivity index (χ0) is 11.0. The summed E-state index contributed by atoms with van der Waals surface area (Å²) in [4.78, 5) is 2.45. The molecule has 0 bridgehead atoms. The third-order valence-corrected chi connectivity index (χ3v) is 4.15. The van der Waals surface area contributed by atoms with E-state index < -0.39 is 0 Å². The van der Waals surface area contributed by atoms with Crippen molar-refractivity contribution in [3.63, 3.8) is 0 Å². The Bertz CT molecular complexity index is 495. The van der Waals surface area contributed by atoms with Gasteiger partial charge in [0.15, 0.2) is 0 Å². The van der Waals surface area contributed by atoms with Crippen LogP contribution in [0.25, 0.3) is 10.4 Å². The van der Waals surface area contributed by atoms with Gasteiger partial charge in [-0.3, -0.25) is 0 Å². The Kier molecular flexibility index (Phi) is 2.50. The van der Waals surface area contributed by atoms with Crippen molar-refractivity contribution >= 4 is 11.3 Å². The lowest BCUT2D eigenvalue weighted by Crippen LogP contribution is -2.21. The molecule has 1 nitrogen and oxygen atoms in total. The van der Waals surface area contributed by atoms with Crippen molar-refractivity contribution in [2.75, 3.05) is 6.54 Å². The van der Waals surface area contributed by atoms with E-state index in [2.05, 4.69) is 11.4 Å². The van der Waals surface area contributed by atoms with Gasteiger partial charge in [-0.15, -0.1) is 11.3 Å². The first-order valence-corrected chi connectivity index (χ1v) is 6.23. The maximum atomic E-state index is 13.6. The molecule has 0 aliphatic carbocycles. The minimum atomic E-state index is -0.131. The average molecular weight is 233 g/mol. The molecule has 1 aromatic carbocycles. The fourth-order valence-electron chi connectivity index (χ4n) is 2.05. The molecule has 3 rings (SSSR count). The molecule has 82 valence electrons. The van der Waals surface area contributed by atoms with E-state index in [4.69, 9.17) is 0 Å². The van der Waals surface area contributed by atoms with Crippen LogP contribution in [0.2, 0.25) is 0 Å². The summed E-state index contributed by atoms with van der Waals surface area (Å²) in [5, 5.41) is 3.33. The molecule has 1 aliphatic rings. The number of hydrogen-bond acceptors (Lipinski definition) is 2. The molecule has 0 saturated heterocycles. The van der Waals surface area contributed by atoms with E-state index in [0.717, 1.165) is 30.0 Å². The normalized spacial score (nSPS) is 14.8.